The summed E-state index contributed by atoms with van der Waals surface area (Å²) in [6.07, 6.45) is 0. The van der Waals surface area contributed by atoms with Crippen molar-refractivity contribution in [3.63, 3.8) is 0 Å². The van der Waals surface area contributed by atoms with Crippen LogP contribution in [0.4, 0.5) is 0 Å². The summed E-state index contributed by atoms with van der Waals surface area (Å²) in [4.78, 5) is 0.990. The molecule has 2 aromatic carbocycles. The maximum absolute atomic E-state index is 8.65. The molecule has 0 saturated heterocycles. The Hall–Kier alpha value is -1.36. The summed E-state index contributed by atoms with van der Waals surface area (Å²) in [6.45, 7) is 0. The summed E-state index contributed by atoms with van der Waals surface area (Å²) in [5, 5.41) is 12.8. The Labute approximate surface area is 131 Å². The van der Waals surface area contributed by atoms with Crippen LogP contribution in [0.15, 0.2) is 52.5 Å². The Morgan fingerprint density at radius 3 is 2.55 bits per heavy atom. The summed E-state index contributed by atoms with van der Waals surface area (Å²) < 4.78 is 0. The number of thioether (sulfide) groups is 1. The van der Waals surface area contributed by atoms with E-state index in [9.17, 15) is 0 Å². The van der Waals surface area contributed by atoms with Crippen LogP contribution in [0.2, 0.25) is 10.0 Å². The standard InChI is InChI=1S/C14H12Cl2N2OS/c15-12-4-2-1-3-9(12)8-20-10-5-6-11(13(16)7-10)14(17)18-19/h1-7,19H,8H2,(H2,17,18). The molecule has 20 heavy (non-hydrogen) atoms. The fourth-order valence-electron chi connectivity index (χ4n) is 1.62. The number of benzene rings is 2. The summed E-state index contributed by atoms with van der Waals surface area (Å²) in [5.74, 6) is 0.747. The van der Waals surface area contributed by atoms with E-state index in [0.717, 1.165) is 21.2 Å². The molecule has 3 nitrogen and oxygen atoms in total. The van der Waals surface area contributed by atoms with Crippen LogP contribution in [-0.4, -0.2) is 11.0 Å². The number of hydrogen-bond donors (Lipinski definition) is 2. The molecular weight excluding hydrogens is 315 g/mol. The van der Waals surface area contributed by atoms with E-state index in [2.05, 4.69) is 5.16 Å². The Bertz CT molecular complexity index is 647. The second-order valence-electron chi connectivity index (χ2n) is 4.01. The first-order valence-electron chi connectivity index (χ1n) is 5.75. The van der Waals surface area contributed by atoms with Crippen molar-refractivity contribution < 1.29 is 5.21 Å². The van der Waals surface area contributed by atoms with Gasteiger partial charge in [0.2, 0.25) is 0 Å². The van der Waals surface area contributed by atoms with Crippen LogP contribution in [0.5, 0.6) is 0 Å². The first-order valence-corrected chi connectivity index (χ1v) is 7.49. The zero-order valence-electron chi connectivity index (χ0n) is 10.4. The fourth-order valence-corrected chi connectivity index (χ4v) is 3.19. The normalized spacial score (nSPS) is 11.6. The van der Waals surface area contributed by atoms with Gasteiger partial charge >= 0.3 is 0 Å². The van der Waals surface area contributed by atoms with E-state index < -0.39 is 0 Å². The van der Waals surface area contributed by atoms with Crippen LogP contribution >= 0.6 is 35.0 Å². The lowest BCUT2D eigenvalue weighted by Crippen LogP contribution is -2.13. The molecule has 6 heteroatoms. The van der Waals surface area contributed by atoms with Crippen molar-refractivity contribution >= 4 is 40.8 Å². The van der Waals surface area contributed by atoms with Gasteiger partial charge in [0.25, 0.3) is 0 Å². The van der Waals surface area contributed by atoms with Crippen molar-refractivity contribution in [2.75, 3.05) is 0 Å². The molecule has 0 amide bonds. The van der Waals surface area contributed by atoms with Crippen LogP contribution in [-0.2, 0) is 5.75 Å². The predicted molar refractivity (Wildman–Crippen MR) is 85.0 cm³/mol. The van der Waals surface area contributed by atoms with E-state index in [0.29, 0.717) is 10.6 Å². The average Bonchev–Trinajstić information content (AvgIpc) is 2.46. The van der Waals surface area contributed by atoms with Gasteiger partial charge in [-0.2, -0.15) is 0 Å². The van der Waals surface area contributed by atoms with Gasteiger partial charge in [-0.05, 0) is 29.8 Å². The topological polar surface area (TPSA) is 58.6 Å². The van der Waals surface area contributed by atoms with Crippen molar-refractivity contribution in [2.24, 2.45) is 10.9 Å². The van der Waals surface area contributed by atoms with Gasteiger partial charge in [0.15, 0.2) is 5.84 Å². The Morgan fingerprint density at radius 1 is 1.15 bits per heavy atom. The maximum Gasteiger partial charge on any atom is 0.171 e. The third-order valence-electron chi connectivity index (χ3n) is 2.68. The molecule has 0 spiro atoms. The zero-order chi connectivity index (χ0) is 14.5. The van der Waals surface area contributed by atoms with Crippen molar-refractivity contribution in [2.45, 2.75) is 10.6 Å². The lowest BCUT2D eigenvalue weighted by atomic mass is 10.2. The quantitative estimate of drug-likeness (QED) is 0.288. The fraction of sp³-hybridized carbons (Fsp3) is 0.0714. The molecule has 0 atom stereocenters. The number of hydrogen-bond acceptors (Lipinski definition) is 3. The molecule has 2 aromatic rings. The van der Waals surface area contributed by atoms with E-state index in [1.807, 2.05) is 30.3 Å². The number of nitrogens with two attached hydrogens (primary N) is 1. The van der Waals surface area contributed by atoms with Gasteiger partial charge in [-0.15, -0.1) is 11.8 Å². The lowest BCUT2D eigenvalue weighted by molar-refractivity contribution is 0.318. The van der Waals surface area contributed by atoms with E-state index >= 15 is 0 Å². The highest BCUT2D eigenvalue weighted by atomic mass is 35.5. The van der Waals surface area contributed by atoms with Gasteiger partial charge in [-0.1, -0.05) is 46.6 Å². The number of oxime groups is 1. The highest BCUT2D eigenvalue weighted by molar-refractivity contribution is 7.98. The molecule has 104 valence electrons. The number of nitrogens with zero attached hydrogens (tertiary/aromatic N) is 1. The van der Waals surface area contributed by atoms with Crippen LogP contribution in [0, 0.1) is 0 Å². The van der Waals surface area contributed by atoms with Gasteiger partial charge in [-0.25, -0.2) is 0 Å². The minimum absolute atomic E-state index is 0.00217. The first-order chi connectivity index (χ1) is 9.61. The molecule has 0 bridgehead atoms. The Balaban J connectivity index is 2.12. The zero-order valence-corrected chi connectivity index (χ0v) is 12.7. The average molecular weight is 327 g/mol. The molecule has 0 heterocycles. The van der Waals surface area contributed by atoms with Crippen molar-refractivity contribution in [1.82, 2.24) is 0 Å². The molecule has 0 aliphatic carbocycles. The first kappa shape index (κ1) is 15.0. The van der Waals surface area contributed by atoms with Crippen LogP contribution in [0.3, 0.4) is 0 Å². The second kappa shape index (κ2) is 6.88. The Kier molecular flexibility index (Phi) is 5.17. The summed E-state index contributed by atoms with van der Waals surface area (Å²) in [6, 6.07) is 13.1. The van der Waals surface area contributed by atoms with Crippen LogP contribution in [0.25, 0.3) is 0 Å². The molecule has 0 radical (unpaired) electrons. The molecule has 3 N–H and O–H groups in total. The van der Waals surface area contributed by atoms with E-state index in [1.165, 1.54) is 0 Å². The monoisotopic (exact) mass is 326 g/mol. The Morgan fingerprint density at radius 2 is 1.90 bits per heavy atom. The molecule has 2 rings (SSSR count). The maximum atomic E-state index is 8.65. The summed E-state index contributed by atoms with van der Waals surface area (Å²) in [5.41, 5.74) is 7.10. The van der Waals surface area contributed by atoms with Gasteiger partial charge in [0, 0.05) is 21.2 Å². The number of halogens is 2. The minimum atomic E-state index is -0.00217. The third kappa shape index (κ3) is 3.60. The molecule has 0 aliphatic rings. The highest BCUT2D eigenvalue weighted by Gasteiger charge is 2.07. The largest absolute Gasteiger partial charge is 0.409 e. The third-order valence-corrected chi connectivity index (χ3v) is 4.40. The van der Waals surface area contributed by atoms with E-state index in [-0.39, 0.29) is 5.84 Å². The predicted octanol–water partition coefficient (Wildman–Crippen LogP) is 4.38. The van der Waals surface area contributed by atoms with Crippen molar-refractivity contribution in [3.8, 4) is 0 Å². The van der Waals surface area contributed by atoms with E-state index in [1.54, 1.807) is 23.9 Å². The smallest absolute Gasteiger partial charge is 0.171 e. The molecule has 0 aliphatic heterocycles. The van der Waals surface area contributed by atoms with Crippen LogP contribution < -0.4 is 5.73 Å². The van der Waals surface area contributed by atoms with Gasteiger partial charge in [0.1, 0.15) is 0 Å². The summed E-state index contributed by atoms with van der Waals surface area (Å²) in [7, 11) is 0. The van der Waals surface area contributed by atoms with Gasteiger partial charge in [-0.3, -0.25) is 0 Å². The molecule has 0 unspecified atom stereocenters. The minimum Gasteiger partial charge on any atom is -0.409 e. The molecule has 0 saturated carbocycles. The highest BCUT2D eigenvalue weighted by Crippen LogP contribution is 2.29. The second-order valence-corrected chi connectivity index (χ2v) is 5.87. The van der Waals surface area contributed by atoms with E-state index in [4.69, 9.17) is 34.1 Å². The SMILES string of the molecule is N/C(=N/O)c1ccc(SCc2ccccc2Cl)cc1Cl. The molecule has 0 fully saturated rings. The molecular formula is C14H12Cl2N2OS. The number of amidine groups is 1. The van der Waals surface area contributed by atoms with Crippen LogP contribution in [0.1, 0.15) is 11.1 Å². The number of rotatable bonds is 4. The van der Waals surface area contributed by atoms with Gasteiger partial charge < -0.3 is 10.9 Å². The van der Waals surface area contributed by atoms with Crippen molar-refractivity contribution in [1.29, 1.82) is 0 Å². The van der Waals surface area contributed by atoms with Gasteiger partial charge in [0.05, 0.1) is 5.02 Å². The summed E-state index contributed by atoms with van der Waals surface area (Å²) >= 11 is 13.8. The van der Waals surface area contributed by atoms with Crippen molar-refractivity contribution in [3.05, 3.63) is 63.6 Å². The lowest BCUT2D eigenvalue weighted by Gasteiger charge is -2.07. The molecule has 0 aromatic heterocycles.